The monoisotopic (exact) mass is 296 g/mol. The zero-order valence-electron chi connectivity index (χ0n) is 13.5. The van der Waals surface area contributed by atoms with Crippen LogP contribution in [0.4, 0.5) is 0 Å². The molecular formula is C19H24N2O. The van der Waals surface area contributed by atoms with Gasteiger partial charge in [-0.3, -0.25) is 4.79 Å². The first-order valence-corrected chi connectivity index (χ1v) is 7.58. The van der Waals surface area contributed by atoms with E-state index in [-0.39, 0.29) is 11.9 Å². The molecule has 0 heterocycles. The maximum atomic E-state index is 12.4. The van der Waals surface area contributed by atoms with Crippen LogP contribution in [-0.4, -0.2) is 17.9 Å². The minimum absolute atomic E-state index is 0.0669. The zero-order chi connectivity index (χ0) is 16.1. The minimum atomic E-state index is -0.255. The largest absolute Gasteiger partial charge is 0.341 e. The number of carbonyl (C=O) groups excluding carboxylic acids is 1. The van der Waals surface area contributed by atoms with Crippen LogP contribution in [0.2, 0.25) is 0 Å². The smallest absolute Gasteiger partial charge is 0.224 e. The lowest BCUT2D eigenvalue weighted by atomic mass is 10.0. The van der Waals surface area contributed by atoms with E-state index >= 15 is 0 Å². The Morgan fingerprint density at radius 1 is 1.14 bits per heavy atom. The van der Waals surface area contributed by atoms with Gasteiger partial charge in [0.25, 0.3) is 0 Å². The Bertz CT molecular complexity index is 637. The number of hydrogen-bond donors (Lipinski definition) is 1. The van der Waals surface area contributed by atoms with E-state index in [0.717, 1.165) is 5.56 Å². The number of amides is 1. The molecule has 0 aliphatic heterocycles. The van der Waals surface area contributed by atoms with Gasteiger partial charge in [0.2, 0.25) is 5.91 Å². The summed E-state index contributed by atoms with van der Waals surface area (Å²) in [4.78, 5) is 14.1. The van der Waals surface area contributed by atoms with Gasteiger partial charge in [0.1, 0.15) is 0 Å². The van der Waals surface area contributed by atoms with Crippen molar-refractivity contribution in [3.05, 3.63) is 70.8 Å². The van der Waals surface area contributed by atoms with E-state index in [4.69, 9.17) is 5.73 Å². The van der Waals surface area contributed by atoms with Gasteiger partial charge >= 0.3 is 0 Å². The van der Waals surface area contributed by atoms with Crippen molar-refractivity contribution in [2.24, 2.45) is 5.73 Å². The third-order valence-electron chi connectivity index (χ3n) is 3.96. The van der Waals surface area contributed by atoms with Crippen LogP contribution in [0.1, 0.15) is 34.7 Å². The number of carbonyl (C=O) groups is 1. The minimum Gasteiger partial charge on any atom is -0.341 e. The van der Waals surface area contributed by atoms with Crippen LogP contribution in [0, 0.1) is 13.8 Å². The lowest BCUT2D eigenvalue weighted by Gasteiger charge is -2.21. The second kappa shape index (κ2) is 7.23. The molecule has 0 aromatic heterocycles. The Morgan fingerprint density at radius 2 is 1.82 bits per heavy atom. The molecule has 0 radical (unpaired) electrons. The van der Waals surface area contributed by atoms with Crippen LogP contribution < -0.4 is 5.73 Å². The fourth-order valence-corrected chi connectivity index (χ4v) is 2.48. The van der Waals surface area contributed by atoms with Crippen LogP contribution in [0.25, 0.3) is 0 Å². The van der Waals surface area contributed by atoms with E-state index in [1.165, 1.54) is 16.7 Å². The SMILES string of the molecule is Cc1ccc(C)c(CN(C)C(=O)C[C@H](N)c2ccccc2)c1. The van der Waals surface area contributed by atoms with Gasteiger partial charge in [-0.2, -0.15) is 0 Å². The third kappa shape index (κ3) is 4.18. The number of nitrogens with two attached hydrogens (primary N) is 1. The molecule has 0 unspecified atom stereocenters. The molecule has 1 atom stereocenters. The predicted molar refractivity (Wildman–Crippen MR) is 90.4 cm³/mol. The van der Waals surface area contributed by atoms with E-state index in [9.17, 15) is 4.79 Å². The summed E-state index contributed by atoms with van der Waals surface area (Å²) >= 11 is 0. The summed E-state index contributed by atoms with van der Waals surface area (Å²) in [7, 11) is 1.84. The molecule has 3 heteroatoms. The van der Waals surface area contributed by atoms with Crippen molar-refractivity contribution >= 4 is 5.91 Å². The first-order valence-electron chi connectivity index (χ1n) is 7.58. The van der Waals surface area contributed by atoms with Gasteiger partial charge in [-0.15, -0.1) is 0 Å². The van der Waals surface area contributed by atoms with E-state index in [1.54, 1.807) is 4.90 Å². The van der Waals surface area contributed by atoms with Crippen LogP contribution >= 0.6 is 0 Å². The summed E-state index contributed by atoms with van der Waals surface area (Å²) in [6, 6.07) is 15.8. The van der Waals surface area contributed by atoms with Gasteiger partial charge in [-0.25, -0.2) is 0 Å². The normalized spacial score (nSPS) is 12.0. The summed E-state index contributed by atoms with van der Waals surface area (Å²) in [6.07, 6.45) is 0.325. The molecule has 0 saturated heterocycles. The first-order chi connectivity index (χ1) is 10.5. The molecule has 2 aromatic rings. The average molecular weight is 296 g/mol. The maximum Gasteiger partial charge on any atom is 0.224 e. The lowest BCUT2D eigenvalue weighted by Crippen LogP contribution is -2.29. The van der Waals surface area contributed by atoms with Crippen molar-refractivity contribution in [1.82, 2.24) is 4.90 Å². The van der Waals surface area contributed by atoms with Gasteiger partial charge in [-0.05, 0) is 30.5 Å². The summed E-state index contributed by atoms with van der Waals surface area (Å²) in [5.41, 5.74) is 10.7. The van der Waals surface area contributed by atoms with E-state index < -0.39 is 0 Å². The fourth-order valence-electron chi connectivity index (χ4n) is 2.48. The molecule has 0 aliphatic carbocycles. The predicted octanol–water partition coefficient (Wildman–Crippen LogP) is 3.35. The van der Waals surface area contributed by atoms with Crippen molar-refractivity contribution in [1.29, 1.82) is 0 Å². The van der Waals surface area contributed by atoms with Crippen molar-refractivity contribution in [3.8, 4) is 0 Å². The molecule has 0 bridgehead atoms. The van der Waals surface area contributed by atoms with Crippen LogP contribution in [-0.2, 0) is 11.3 Å². The fraction of sp³-hybridized carbons (Fsp3) is 0.316. The second-order valence-corrected chi connectivity index (χ2v) is 5.90. The third-order valence-corrected chi connectivity index (χ3v) is 3.96. The summed E-state index contributed by atoms with van der Waals surface area (Å²) in [5, 5.41) is 0. The molecule has 0 fully saturated rings. The quantitative estimate of drug-likeness (QED) is 0.919. The second-order valence-electron chi connectivity index (χ2n) is 5.90. The highest BCUT2D eigenvalue weighted by molar-refractivity contribution is 5.76. The standard InChI is InChI=1S/C19H24N2O/c1-14-9-10-15(2)17(11-14)13-21(3)19(22)12-18(20)16-7-5-4-6-8-16/h4-11,18H,12-13,20H2,1-3H3/t18-/m0/s1. The highest BCUT2D eigenvalue weighted by Gasteiger charge is 2.16. The van der Waals surface area contributed by atoms with Crippen LogP contribution in [0.15, 0.2) is 48.5 Å². The zero-order valence-corrected chi connectivity index (χ0v) is 13.5. The molecule has 2 N–H and O–H groups in total. The molecule has 0 aliphatic rings. The van der Waals surface area contributed by atoms with E-state index in [0.29, 0.717) is 13.0 Å². The average Bonchev–Trinajstić information content (AvgIpc) is 2.51. The molecule has 116 valence electrons. The molecule has 22 heavy (non-hydrogen) atoms. The molecule has 2 rings (SSSR count). The number of rotatable bonds is 5. The number of aryl methyl sites for hydroxylation is 2. The molecular weight excluding hydrogens is 272 g/mol. The van der Waals surface area contributed by atoms with E-state index in [1.807, 2.05) is 37.4 Å². The molecule has 2 aromatic carbocycles. The Kier molecular flexibility index (Phi) is 5.34. The van der Waals surface area contributed by atoms with E-state index in [2.05, 4.69) is 32.0 Å². The van der Waals surface area contributed by atoms with Gasteiger partial charge in [0.15, 0.2) is 0 Å². The summed E-state index contributed by atoms with van der Waals surface area (Å²) < 4.78 is 0. The van der Waals surface area contributed by atoms with Crippen molar-refractivity contribution < 1.29 is 4.79 Å². The van der Waals surface area contributed by atoms with Gasteiger partial charge < -0.3 is 10.6 Å². The molecule has 0 spiro atoms. The van der Waals surface area contributed by atoms with Crippen molar-refractivity contribution in [3.63, 3.8) is 0 Å². The topological polar surface area (TPSA) is 46.3 Å². The number of benzene rings is 2. The molecule has 1 amide bonds. The lowest BCUT2D eigenvalue weighted by molar-refractivity contribution is -0.130. The highest BCUT2D eigenvalue weighted by Crippen LogP contribution is 2.17. The Labute approximate surface area is 132 Å². The molecule has 0 saturated carbocycles. The number of hydrogen-bond acceptors (Lipinski definition) is 2. The van der Waals surface area contributed by atoms with Crippen LogP contribution in [0.5, 0.6) is 0 Å². The highest BCUT2D eigenvalue weighted by atomic mass is 16.2. The summed E-state index contributed by atoms with van der Waals surface area (Å²) in [6.45, 7) is 4.76. The van der Waals surface area contributed by atoms with Crippen molar-refractivity contribution in [2.45, 2.75) is 32.9 Å². The molecule has 3 nitrogen and oxygen atoms in total. The first kappa shape index (κ1) is 16.2. The van der Waals surface area contributed by atoms with Gasteiger partial charge in [0, 0.05) is 26.1 Å². The Balaban J connectivity index is 1.99. The number of nitrogens with zero attached hydrogens (tertiary/aromatic N) is 1. The van der Waals surface area contributed by atoms with Gasteiger partial charge in [0.05, 0.1) is 0 Å². The maximum absolute atomic E-state index is 12.4. The van der Waals surface area contributed by atoms with Gasteiger partial charge in [-0.1, -0.05) is 54.1 Å². The Hall–Kier alpha value is -2.13. The van der Waals surface area contributed by atoms with Crippen molar-refractivity contribution in [2.75, 3.05) is 7.05 Å². The Morgan fingerprint density at radius 3 is 2.50 bits per heavy atom. The van der Waals surface area contributed by atoms with Crippen LogP contribution in [0.3, 0.4) is 0 Å². The summed E-state index contributed by atoms with van der Waals surface area (Å²) in [5.74, 6) is 0.0669.